The molecule has 1 aliphatic heterocycles. The molecule has 6 heteroatoms. The summed E-state index contributed by atoms with van der Waals surface area (Å²) in [7, 11) is -3.27. The fourth-order valence-corrected chi connectivity index (χ4v) is 3.60. The van der Waals surface area contributed by atoms with E-state index in [4.69, 9.17) is 10.5 Å². The minimum Gasteiger partial charge on any atom is -0.399 e. The van der Waals surface area contributed by atoms with Gasteiger partial charge in [0.1, 0.15) is 0 Å². The predicted molar refractivity (Wildman–Crippen MR) is 61.1 cm³/mol. The smallest absolute Gasteiger partial charge is 0.221 e. The lowest BCUT2D eigenvalue weighted by Crippen LogP contribution is -2.45. The van der Waals surface area contributed by atoms with Gasteiger partial charge in [0.25, 0.3) is 0 Å². The van der Waals surface area contributed by atoms with E-state index in [1.54, 1.807) is 18.2 Å². The Morgan fingerprint density at radius 3 is 2.69 bits per heavy atom. The maximum Gasteiger partial charge on any atom is 0.221 e. The summed E-state index contributed by atoms with van der Waals surface area (Å²) in [5.41, 5.74) is 6.14. The zero-order valence-electron chi connectivity index (χ0n) is 9.00. The minimum absolute atomic E-state index is 0.441. The Labute approximate surface area is 95.6 Å². The molecule has 0 aromatic carbocycles. The first-order valence-corrected chi connectivity index (χ1v) is 6.81. The molecule has 0 aromatic heterocycles. The molecule has 2 N–H and O–H groups in total. The molecule has 16 heavy (non-hydrogen) atoms. The molecule has 1 fully saturated rings. The van der Waals surface area contributed by atoms with Crippen molar-refractivity contribution in [1.82, 2.24) is 4.31 Å². The van der Waals surface area contributed by atoms with Crippen molar-refractivity contribution >= 4 is 10.0 Å². The van der Waals surface area contributed by atoms with Crippen LogP contribution < -0.4 is 5.73 Å². The summed E-state index contributed by atoms with van der Waals surface area (Å²) in [5.74, 6) is 0. The standard InChI is InChI=1S/C10H16N2O3S/c11-9-2-1-3-10(8-9)16(13,14)12-4-6-15-7-5-12/h1-2,8,10H,3-7,11H2. The highest BCUT2D eigenvalue weighted by Gasteiger charge is 2.31. The van der Waals surface area contributed by atoms with Gasteiger partial charge in [0.2, 0.25) is 10.0 Å². The summed E-state index contributed by atoms with van der Waals surface area (Å²) < 4.78 is 31.1. The number of ether oxygens (including phenoxy) is 1. The molecule has 1 atom stereocenters. The highest BCUT2D eigenvalue weighted by molar-refractivity contribution is 7.89. The van der Waals surface area contributed by atoms with Gasteiger partial charge in [-0.3, -0.25) is 0 Å². The number of allylic oxidation sites excluding steroid dienone is 2. The molecule has 2 aliphatic rings. The molecule has 1 heterocycles. The van der Waals surface area contributed by atoms with E-state index in [0.717, 1.165) is 0 Å². The van der Waals surface area contributed by atoms with Crippen LogP contribution in [0.4, 0.5) is 0 Å². The summed E-state index contributed by atoms with van der Waals surface area (Å²) in [6.07, 6.45) is 5.66. The molecular formula is C10H16N2O3S. The molecule has 90 valence electrons. The maximum absolute atomic E-state index is 12.2. The lowest BCUT2D eigenvalue weighted by molar-refractivity contribution is 0.0728. The first kappa shape index (κ1) is 11.6. The van der Waals surface area contributed by atoms with Crippen molar-refractivity contribution in [3.05, 3.63) is 23.9 Å². The summed E-state index contributed by atoms with van der Waals surface area (Å²) in [4.78, 5) is 0. The second-order valence-electron chi connectivity index (χ2n) is 3.90. The van der Waals surface area contributed by atoms with Gasteiger partial charge >= 0.3 is 0 Å². The molecular weight excluding hydrogens is 228 g/mol. The second kappa shape index (κ2) is 4.57. The van der Waals surface area contributed by atoms with Crippen molar-refractivity contribution in [2.45, 2.75) is 11.7 Å². The van der Waals surface area contributed by atoms with Gasteiger partial charge in [0.05, 0.1) is 18.5 Å². The zero-order valence-corrected chi connectivity index (χ0v) is 9.82. The van der Waals surface area contributed by atoms with Crippen LogP contribution in [0.15, 0.2) is 23.9 Å². The molecule has 0 amide bonds. The van der Waals surface area contributed by atoms with E-state index in [9.17, 15) is 8.42 Å². The van der Waals surface area contributed by atoms with Crippen molar-refractivity contribution in [1.29, 1.82) is 0 Å². The van der Waals surface area contributed by atoms with E-state index in [0.29, 0.717) is 38.4 Å². The van der Waals surface area contributed by atoms with Crippen LogP contribution in [0.5, 0.6) is 0 Å². The van der Waals surface area contributed by atoms with Crippen LogP contribution in [-0.2, 0) is 14.8 Å². The summed E-state index contributed by atoms with van der Waals surface area (Å²) in [6, 6.07) is 0. The average Bonchev–Trinajstić information content (AvgIpc) is 2.30. The number of rotatable bonds is 2. The van der Waals surface area contributed by atoms with Crippen LogP contribution in [0.3, 0.4) is 0 Å². The van der Waals surface area contributed by atoms with Crippen LogP contribution in [-0.4, -0.2) is 44.3 Å². The predicted octanol–water partition coefficient (Wildman–Crippen LogP) is -0.180. The fraction of sp³-hybridized carbons (Fsp3) is 0.600. The highest BCUT2D eigenvalue weighted by Crippen LogP contribution is 2.19. The fourth-order valence-electron chi connectivity index (χ4n) is 1.88. The van der Waals surface area contributed by atoms with Gasteiger partial charge in [-0.15, -0.1) is 0 Å². The summed E-state index contributed by atoms with van der Waals surface area (Å²) in [6.45, 7) is 1.83. The number of nitrogens with two attached hydrogens (primary N) is 1. The molecule has 0 saturated carbocycles. The molecule has 0 bridgehead atoms. The third-order valence-corrected chi connectivity index (χ3v) is 4.95. The van der Waals surface area contributed by atoms with Crippen LogP contribution in [0.2, 0.25) is 0 Å². The molecule has 5 nitrogen and oxygen atoms in total. The van der Waals surface area contributed by atoms with E-state index >= 15 is 0 Å². The maximum atomic E-state index is 12.2. The van der Waals surface area contributed by atoms with Crippen LogP contribution in [0.25, 0.3) is 0 Å². The van der Waals surface area contributed by atoms with Crippen molar-refractivity contribution in [2.75, 3.05) is 26.3 Å². The SMILES string of the molecule is NC1=CC(S(=O)(=O)N2CCOCC2)CC=C1. The van der Waals surface area contributed by atoms with Crippen molar-refractivity contribution in [2.24, 2.45) is 5.73 Å². The van der Waals surface area contributed by atoms with E-state index in [1.807, 2.05) is 0 Å². The number of hydrogen-bond donors (Lipinski definition) is 1. The largest absolute Gasteiger partial charge is 0.399 e. The monoisotopic (exact) mass is 244 g/mol. The molecule has 1 saturated heterocycles. The van der Waals surface area contributed by atoms with E-state index < -0.39 is 15.3 Å². The molecule has 0 radical (unpaired) electrons. The number of sulfonamides is 1. The highest BCUT2D eigenvalue weighted by atomic mass is 32.2. The van der Waals surface area contributed by atoms with Gasteiger partial charge in [0, 0.05) is 18.8 Å². The van der Waals surface area contributed by atoms with Crippen molar-refractivity contribution in [3.63, 3.8) is 0 Å². The first-order chi connectivity index (χ1) is 7.60. The molecule has 2 rings (SSSR count). The van der Waals surface area contributed by atoms with Gasteiger partial charge in [-0.05, 0) is 18.6 Å². The Morgan fingerprint density at radius 2 is 2.06 bits per heavy atom. The van der Waals surface area contributed by atoms with Crippen LogP contribution in [0, 0.1) is 0 Å². The third kappa shape index (κ3) is 2.28. The van der Waals surface area contributed by atoms with Gasteiger partial charge in [-0.1, -0.05) is 6.08 Å². The number of hydrogen-bond acceptors (Lipinski definition) is 4. The Hall–Kier alpha value is -0.850. The van der Waals surface area contributed by atoms with Gasteiger partial charge in [0.15, 0.2) is 0 Å². The Balaban J connectivity index is 2.15. The summed E-state index contributed by atoms with van der Waals surface area (Å²) >= 11 is 0. The molecule has 1 unspecified atom stereocenters. The first-order valence-electron chi connectivity index (χ1n) is 5.31. The van der Waals surface area contributed by atoms with Crippen LogP contribution >= 0.6 is 0 Å². The van der Waals surface area contributed by atoms with E-state index in [1.165, 1.54) is 4.31 Å². The lowest BCUT2D eigenvalue weighted by Gasteiger charge is -2.29. The molecule has 0 spiro atoms. The van der Waals surface area contributed by atoms with Crippen molar-refractivity contribution < 1.29 is 13.2 Å². The Morgan fingerprint density at radius 1 is 1.38 bits per heavy atom. The van der Waals surface area contributed by atoms with Gasteiger partial charge in [-0.25, -0.2) is 8.42 Å². The Bertz CT molecular complexity index is 408. The molecule has 1 aliphatic carbocycles. The van der Waals surface area contributed by atoms with Crippen molar-refractivity contribution in [3.8, 4) is 0 Å². The normalized spacial score (nSPS) is 27.8. The zero-order chi connectivity index (χ0) is 11.6. The Kier molecular flexibility index (Phi) is 3.32. The van der Waals surface area contributed by atoms with E-state index in [2.05, 4.69) is 0 Å². The third-order valence-electron chi connectivity index (χ3n) is 2.77. The minimum atomic E-state index is -3.27. The van der Waals surface area contributed by atoms with E-state index in [-0.39, 0.29) is 0 Å². The second-order valence-corrected chi connectivity index (χ2v) is 6.05. The number of nitrogens with zero attached hydrogens (tertiary/aromatic N) is 1. The van der Waals surface area contributed by atoms with Gasteiger partial charge in [-0.2, -0.15) is 4.31 Å². The topological polar surface area (TPSA) is 72.6 Å². The molecule has 0 aromatic rings. The average molecular weight is 244 g/mol. The van der Waals surface area contributed by atoms with Gasteiger partial charge < -0.3 is 10.5 Å². The van der Waals surface area contributed by atoms with Crippen LogP contribution in [0.1, 0.15) is 6.42 Å². The lowest BCUT2D eigenvalue weighted by atomic mass is 10.1. The quantitative estimate of drug-likeness (QED) is 0.731. The number of morpholine rings is 1. The summed E-state index contributed by atoms with van der Waals surface area (Å²) in [5, 5.41) is -0.518.